The highest BCUT2D eigenvalue weighted by atomic mass is 35.5. The average molecular weight is 462 g/mol. The molecule has 2 fully saturated rings. The second-order valence-electron chi connectivity index (χ2n) is 8.88. The van der Waals surface area contributed by atoms with E-state index < -0.39 is 5.60 Å². The van der Waals surface area contributed by atoms with E-state index in [0.717, 1.165) is 45.0 Å². The maximum atomic E-state index is 13.2. The van der Waals surface area contributed by atoms with Crippen LogP contribution in [0, 0.1) is 0 Å². The Bertz CT molecular complexity index is 897. The molecule has 1 aromatic carbocycles. The van der Waals surface area contributed by atoms with Crippen molar-refractivity contribution in [3.63, 3.8) is 0 Å². The topological polar surface area (TPSA) is 63.1 Å². The number of aromatic nitrogens is 2. The van der Waals surface area contributed by atoms with Crippen LogP contribution in [0.25, 0.3) is 0 Å². The monoisotopic (exact) mass is 461 g/mol. The molecule has 174 valence electrons. The van der Waals surface area contributed by atoms with Crippen molar-refractivity contribution in [3.8, 4) is 5.75 Å². The molecule has 2 aliphatic heterocycles. The lowest BCUT2D eigenvalue weighted by Gasteiger charge is -2.43. The number of carbonyl (C=O) groups is 1. The third-order valence-electron chi connectivity index (χ3n) is 6.12. The standard InChI is InChI=1S/C23H32ClN5O3/c1-26-7-9-29(10-8-26)22(30)13-23(17-31-21-5-3-19(24)4-6-21)16-28(11-12-32-23)15-20-14-27(2)18-25-20/h3-6,14,18H,7-13,15-17H2,1-2H3. The number of likely N-dealkylation sites (N-methyl/N-ethyl adjacent to an activating group) is 1. The minimum atomic E-state index is -0.715. The Kier molecular flexibility index (Phi) is 7.35. The van der Waals surface area contributed by atoms with Gasteiger partial charge in [0, 0.05) is 64.1 Å². The van der Waals surface area contributed by atoms with Gasteiger partial charge < -0.3 is 23.8 Å². The van der Waals surface area contributed by atoms with Gasteiger partial charge in [-0.2, -0.15) is 0 Å². The van der Waals surface area contributed by atoms with Crippen molar-refractivity contribution in [2.75, 3.05) is 59.5 Å². The first-order valence-corrected chi connectivity index (χ1v) is 11.5. The van der Waals surface area contributed by atoms with Crippen molar-refractivity contribution in [3.05, 3.63) is 47.5 Å². The molecule has 1 atom stereocenters. The molecule has 9 heteroatoms. The van der Waals surface area contributed by atoms with Crippen LogP contribution in [0.1, 0.15) is 12.1 Å². The number of carbonyl (C=O) groups excluding carboxylic acids is 1. The molecule has 0 N–H and O–H groups in total. The van der Waals surface area contributed by atoms with Gasteiger partial charge in [0.05, 0.1) is 25.0 Å². The number of rotatable bonds is 7. The normalized spacial score (nSPS) is 22.8. The lowest BCUT2D eigenvalue weighted by Crippen LogP contribution is -2.58. The predicted molar refractivity (Wildman–Crippen MR) is 123 cm³/mol. The van der Waals surface area contributed by atoms with Gasteiger partial charge in [0.2, 0.25) is 5.91 Å². The molecule has 1 amide bonds. The van der Waals surface area contributed by atoms with Gasteiger partial charge in [-0.05, 0) is 31.3 Å². The third-order valence-corrected chi connectivity index (χ3v) is 6.37. The van der Waals surface area contributed by atoms with Crippen LogP contribution in [0.4, 0.5) is 0 Å². The van der Waals surface area contributed by atoms with Crippen molar-refractivity contribution in [2.24, 2.45) is 7.05 Å². The number of nitrogens with zero attached hydrogens (tertiary/aromatic N) is 5. The highest BCUT2D eigenvalue weighted by Gasteiger charge is 2.41. The van der Waals surface area contributed by atoms with E-state index in [1.807, 2.05) is 41.2 Å². The van der Waals surface area contributed by atoms with E-state index >= 15 is 0 Å². The fourth-order valence-electron chi connectivity index (χ4n) is 4.27. The molecule has 1 unspecified atom stereocenters. The molecule has 8 nitrogen and oxygen atoms in total. The molecule has 0 saturated carbocycles. The Morgan fingerprint density at radius 1 is 1.16 bits per heavy atom. The molecule has 0 aliphatic carbocycles. The zero-order valence-corrected chi connectivity index (χ0v) is 19.6. The minimum absolute atomic E-state index is 0.123. The number of imidazole rings is 1. The molecular weight excluding hydrogens is 430 g/mol. The summed E-state index contributed by atoms with van der Waals surface area (Å²) < 4.78 is 14.3. The summed E-state index contributed by atoms with van der Waals surface area (Å²) >= 11 is 6.00. The van der Waals surface area contributed by atoms with Crippen LogP contribution in [0.5, 0.6) is 5.75 Å². The van der Waals surface area contributed by atoms with Crippen LogP contribution in [0.3, 0.4) is 0 Å². The summed E-state index contributed by atoms with van der Waals surface area (Å²) in [6, 6.07) is 7.28. The first kappa shape index (κ1) is 23.0. The van der Waals surface area contributed by atoms with E-state index in [4.69, 9.17) is 21.1 Å². The second kappa shape index (κ2) is 10.2. The largest absolute Gasteiger partial charge is 0.491 e. The fourth-order valence-corrected chi connectivity index (χ4v) is 4.40. The van der Waals surface area contributed by atoms with E-state index in [9.17, 15) is 4.79 Å². The number of hydrogen-bond acceptors (Lipinski definition) is 6. The Hall–Kier alpha value is -2.13. The van der Waals surface area contributed by atoms with Crippen molar-refractivity contribution >= 4 is 17.5 Å². The number of ether oxygens (including phenoxy) is 2. The predicted octanol–water partition coefficient (Wildman–Crippen LogP) is 1.89. The van der Waals surface area contributed by atoms with E-state index in [2.05, 4.69) is 21.8 Å². The van der Waals surface area contributed by atoms with Crippen LogP contribution >= 0.6 is 11.6 Å². The number of hydrogen-bond donors (Lipinski definition) is 0. The summed E-state index contributed by atoms with van der Waals surface area (Å²) in [7, 11) is 4.05. The number of benzene rings is 1. The molecule has 0 bridgehead atoms. The summed E-state index contributed by atoms with van der Waals surface area (Å²) in [5.74, 6) is 0.837. The van der Waals surface area contributed by atoms with Gasteiger partial charge in [0.25, 0.3) is 0 Å². The van der Waals surface area contributed by atoms with Crippen molar-refractivity contribution < 1.29 is 14.3 Å². The van der Waals surface area contributed by atoms with Crippen LogP contribution in [-0.2, 0) is 23.1 Å². The zero-order valence-electron chi connectivity index (χ0n) is 18.9. The molecular formula is C23H32ClN5O3. The quantitative estimate of drug-likeness (QED) is 0.627. The number of amides is 1. The number of aryl methyl sites for hydroxylation is 1. The van der Waals surface area contributed by atoms with Crippen molar-refractivity contribution in [1.29, 1.82) is 0 Å². The Labute approximate surface area is 194 Å². The van der Waals surface area contributed by atoms with E-state index in [1.165, 1.54) is 0 Å². The number of halogens is 1. The smallest absolute Gasteiger partial charge is 0.225 e. The Balaban J connectivity index is 1.47. The maximum Gasteiger partial charge on any atom is 0.225 e. The van der Waals surface area contributed by atoms with Gasteiger partial charge in [0.15, 0.2) is 0 Å². The van der Waals surface area contributed by atoms with Crippen molar-refractivity contribution in [1.82, 2.24) is 24.3 Å². The molecule has 0 radical (unpaired) electrons. The molecule has 3 heterocycles. The highest BCUT2D eigenvalue weighted by Crippen LogP contribution is 2.27. The zero-order chi connectivity index (χ0) is 22.6. The summed E-state index contributed by atoms with van der Waals surface area (Å²) in [5, 5.41) is 0.660. The molecule has 2 aliphatic rings. The van der Waals surface area contributed by atoms with Crippen LogP contribution in [0.2, 0.25) is 5.02 Å². The molecule has 1 aromatic heterocycles. The van der Waals surface area contributed by atoms with Crippen LogP contribution in [-0.4, -0.2) is 95.3 Å². The fraction of sp³-hybridized carbons (Fsp3) is 0.565. The molecule has 2 saturated heterocycles. The first-order chi connectivity index (χ1) is 15.4. The molecule has 32 heavy (non-hydrogen) atoms. The second-order valence-corrected chi connectivity index (χ2v) is 9.31. The van der Waals surface area contributed by atoms with E-state index in [1.54, 1.807) is 12.1 Å². The lowest BCUT2D eigenvalue weighted by atomic mass is 9.96. The SMILES string of the molecule is CN1CCN(C(=O)CC2(COc3ccc(Cl)cc3)CN(Cc3cn(C)cn3)CCO2)CC1. The van der Waals surface area contributed by atoms with Gasteiger partial charge >= 0.3 is 0 Å². The third kappa shape index (κ3) is 6.01. The average Bonchev–Trinajstić information content (AvgIpc) is 3.18. The van der Waals surface area contributed by atoms with Gasteiger partial charge in [0.1, 0.15) is 18.0 Å². The van der Waals surface area contributed by atoms with Gasteiger partial charge in [-0.3, -0.25) is 9.69 Å². The lowest BCUT2D eigenvalue weighted by molar-refractivity contribution is -0.158. The summed E-state index contributed by atoms with van der Waals surface area (Å²) in [6.45, 7) is 6.26. The number of morpholine rings is 1. The number of piperazine rings is 1. The summed E-state index contributed by atoms with van der Waals surface area (Å²) in [6.07, 6.45) is 4.13. The minimum Gasteiger partial charge on any atom is -0.491 e. The summed E-state index contributed by atoms with van der Waals surface area (Å²) in [4.78, 5) is 24.2. The van der Waals surface area contributed by atoms with Crippen molar-refractivity contribution in [2.45, 2.75) is 18.6 Å². The first-order valence-electron chi connectivity index (χ1n) is 11.1. The molecule has 2 aromatic rings. The maximum absolute atomic E-state index is 13.2. The van der Waals surface area contributed by atoms with Gasteiger partial charge in [-0.25, -0.2) is 4.98 Å². The van der Waals surface area contributed by atoms with Gasteiger partial charge in [-0.15, -0.1) is 0 Å². The van der Waals surface area contributed by atoms with Crippen LogP contribution in [0.15, 0.2) is 36.8 Å². The Morgan fingerprint density at radius 3 is 2.59 bits per heavy atom. The highest BCUT2D eigenvalue weighted by molar-refractivity contribution is 6.30. The van der Waals surface area contributed by atoms with Crippen LogP contribution < -0.4 is 4.74 Å². The molecule has 4 rings (SSSR count). The van der Waals surface area contributed by atoms with Gasteiger partial charge in [-0.1, -0.05) is 11.6 Å². The Morgan fingerprint density at radius 2 is 1.91 bits per heavy atom. The van der Waals surface area contributed by atoms with E-state index in [0.29, 0.717) is 37.0 Å². The molecule has 0 spiro atoms. The summed E-state index contributed by atoms with van der Waals surface area (Å²) in [5.41, 5.74) is 0.292. The van der Waals surface area contributed by atoms with E-state index in [-0.39, 0.29) is 5.91 Å².